The Morgan fingerprint density at radius 3 is 2.94 bits per heavy atom. The highest BCUT2D eigenvalue weighted by Crippen LogP contribution is 2.15. The predicted octanol–water partition coefficient (Wildman–Crippen LogP) is 1.20. The van der Waals surface area contributed by atoms with E-state index in [0.717, 1.165) is 5.56 Å². The molecule has 1 amide bonds. The van der Waals surface area contributed by atoms with E-state index in [4.69, 9.17) is 5.73 Å². The lowest BCUT2D eigenvalue weighted by Crippen LogP contribution is -2.28. The van der Waals surface area contributed by atoms with Crippen LogP contribution < -0.4 is 11.1 Å². The number of nitrogens with zero attached hydrogens (tertiary/aromatic N) is 2. The fourth-order valence-electron chi connectivity index (χ4n) is 1.81. The van der Waals surface area contributed by atoms with Crippen LogP contribution in [0.2, 0.25) is 0 Å². The van der Waals surface area contributed by atoms with E-state index in [1.807, 2.05) is 31.3 Å². The molecule has 0 aliphatic rings. The molecule has 0 saturated carbocycles. The number of benzene rings is 1. The number of rotatable bonds is 4. The Morgan fingerprint density at radius 2 is 2.28 bits per heavy atom. The number of nitrogen functional groups attached to an aromatic ring is 1. The average molecular weight is 244 g/mol. The van der Waals surface area contributed by atoms with Gasteiger partial charge in [0.2, 0.25) is 0 Å². The van der Waals surface area contributed by atoms with Gasteiger partial charge in [-0.15, -0.1) is 0 Å². The molecular weight excluding hydrogens is 228 g/mol. The minimum absolute atomic E-state index is 0.141. The van der Waals surface area contributed by atoms with Crippen molar-refractivity contribution in [2.75, 3.05) is 12.3 Å². The van der Waals surface area contributed by atoms with E-state index in [-0.39, 0.29) is 5.91 Å². The molecule has 0 atom stereocenters. The number of carbonyl (C=O) groups is 1. The van der Waals surface area contributed by atoms with Gasteiger partial charge in [-0.2, -0.15) is 5.10 Å². The van der Waals surface area contributed by atoms with Gasteiger partial charge in [-0.3, -0.25) is 9.48 Å². The van der Waals surface area contributed by atoms with Crippen LogP contribution in [0.1, 0.15) is 15.9 Å². The zero-order valence-electron chi connectivity index (χ0n) is 10.3. The number of carbonyl (C=O) groups excluding carboxylic acids is 1. The van der Waals surface area contributed by atoms with Crippen LogP contribution in [0.3, 0.4) is 0 Å². The van der Waals surface area contributed by atoms with Crippen LogP contribution >= 0.6 is 0 Å². The van der Waals surface area contributed by atoms with Crippen LogP contribution in [0.15, 0.2) is 36.7 Å². The molecular formula is C13H16N4O. The standard InChI is InChI=1S/C13H16N4O/c1-10-4-2-5-11(14)12(10)13(18)15-7-9-17-8-3-6-16-17/h2-6,8H,7,9,14H2,1H3,(H,15,18). The van der Waals surface area contributed by atoms with E-state index in [2.05, 4.69) is 10.4 Å². The summed E-state index contributed by atoms with van der Waals surface area (Å²) in [5.41, 5.74) is 7.75. The molecule has 18 heavy (non-hydrogen) atoms. The van der Waals surface area contributed by atoms with Crippen LogP contribution in [0.4, 0.5) is 5.69 Å². The maximum Gasteiger partial charge on any atom is 0.253 e. The molecule has 1 heterocycles. The fourth-order valence-corrected chi connectivity index (χ4v) is 1.81. The highest BCUT2D eigenvalue weighted by molar-refractivity contribution is 6.00. The van der Waals surface area contributed by atoms with E-state index in [0.29, 0.717) is 24.3 Å². The Hall–Kier alpha value is -2.30. The van der Waals surface area contributed by atoms with Crippen molar-refractivity contribution in [3.63, 3.8) is 0 Å². The van der Waals surface area contributed by atoms with Crippen molar-refractivity contribution in [3.8, 4) is 0 Å². The van der Waals surface area contributed by atoms with Gasteiger partial charge in [0.05, 0.1) is 12.1 Å². The zero-order chi connectivity index (χ0) is 13.0. The number of aryl methyl sites for hydroxylation is 1. The second-order valence-corrected chi connectivity index (χ2v) is 4.06. The molecule has 94 valence electrons. The second kappa shape index (κ2) is 5.35. The highest BCUT2D eigenvalue weighted by Gasteiger charge is 2.11. The minimum Gasteiger partial charge on any atom is -0.398 e. The Bertz CT molecular complexity index is 514. The summed E-state index contributed by atoms with van der Waals surface area (Å²) in [5, 5.41) is 6.90. The van der Waals surface area contributed by atoms with Gasteiger partial charge in [0, 0.05) is 24.6 Å². The second-order valence-electron chi connectivity index (χ2n) is 4.06. The van der Waals surface area contributed by atoms with Crippen molar-refractivity contribution in [2.45, 2.75) is 13.5 Å². The molecule has 0 spiro atoms. The molecule has 0 aliphatic carbocycles. The number of nitrogens with one attached hydrogen (secondary N) is 1. The molecule has 3 N–H and O–H groups in total. The lowest BCUT2D eigenvalue weighted by molar-refractivity contribution is 0.0952. The molecule has 0 fully saturated rings. The van der Waals surface area contributed by atoms with Gasteiger partial charge in [-0.25, -0.2) is 0 Å². The molecule has 5 nitrogen and oxygen atoms in total. The van der Waals surface area contributed by atoms with E-state index in [9.17, 15) is 4.79 Å². The van der Waals surface area contributed by atoms with Crippen molar-refractivity contribution >= 4 is 11.6 Å². The van der Waals surface area contributed by atoms with Gasteiger partial charge in [-0.05, 0) is 24.6 Å². The largest absolute Gasteiger partial charge is 0.398 e. The first-order chi connectivity index (χ1) is 8.68. The Kier molecular flexibility index (Phi) is 3.62. The summed E-state index contributed by atoms with van der Waals surface area (Å²) in [4.78, 5) is 12.0. The minimum atomic E-state index is -0.141. The monoisotopic (exact) mass is 244 g/mol. The number of nitrogens with two attached hydrogens (primary N) is 1. The van der Waals surface area contributed by atoms with E-state index in [1.54, 1.807) is 16.9 Å². The molecule has 0 bridgehead atoms. The van der Waals surface area contributed by atoms with Gasteiger partial charge in [0.15, 0.2) is 0 Å². The molecule has 5 heteroatoms. The van der Waals surface area contributed by atoms with E-state index >= 15 is 0 Å². The Labute approximate surface area is 106 Å². The first-order valence-electron chi connectivity index (χ1n) is 5.79. The van der Waals surface area contributed by atoms with Crippen molar-refractivity contribution in [1.82, 2.24) is 15.1 Å². The van der Waals surface area contributed by atoms with Gasteiger partial charge in [-0.1, -0.05) is 12.1 Å². The average Bonchev–Trinajstić information content (AvgIpc) is 2.82. The van der Waals surface area contributed by atoms with Crippen LogP contribution in [0.25, 0.3) is 0 Å². The highest BCUT2D eigenvalue weighted by atomic mass is 16.1. The predicted molar refractivity (Wildman–Crippen MR) is 70.2 cm³/mol. The topological polar surface area (TPSA) is 72.9 Å². The fraction of sp³-hybridized carbons (Fsp3) is 0.231. The van der Waals surface area contributed by atoms with Gasteiger partial charge < -0.3 is 11.1 Å². The summed E-state index contributed by atoms with van der Waals surface area (Å²) in [6, 6.07) is 7.29. The van der Waals surface area contributed by atoms with Crippen LogP contribution in [0, 0.1) is 6.92 Å². The molecule has 2 aromatic rings. The third kappa shape index (κ3) is 2.68. The maximum atomic E-state index is 12.0. The number of hydrogen-bond donors (Lipinski definition) is 2. The van der Waals surface area contributed by atoms with Gasteiger partial charge >= 0.3 is 0 Å². The molecule has 1 aromatic carbocycles. The van der Waals surface area contributed by atoms with E-state index in [1.165, 1.54) is 0 Å². The normalized spacial score (nSPS) is 10.3. The number of hydrogen-bond acceptors (Lipinski definition) is 3. The summed E-state index contributed by atoms with van der Waals surface area (Å²) >= 11 is 0. The molecule has 0 saturated heterocycles. The number of amides is 1. The number of aromatic nitrogens is 2. The van der Waals surface area contributed by atoms with Crippen molar-refractivity contribution in [1.29, 1.82) is 0 Å². The zero-order valence-corrected chi connectivity index (χ0v) is 10.3. The smallest absolute Gasteiger partial charge is 0.253 e. The van der Waals surface area contributed by atoms with Gasteiger partial charge in [0.25, 0.3) is 5.91 Å². The summed E-state index contributed by atoms with van der Waals surface area (Å²) in [6.07, 6.45) is 3.56. The van der Waals surface area contributed by atoms with Crippen LogP contribution in [-0.4, -0.2) is 22.2 Å². The third-order valence-corrected chi connectivity index (χ3v) is 2.72. The van der Waals surface area contributed by atoms with Gasteiger partial charge in [0.1, 0.15) is 0 Å². The number of anilines is 1. The lowest BCUT2D eigenvalue weighted by Gasteiger charge is -2.10. The molecule has 0 radical (unpaired) electrons. The van der Waals surface area contributed by atoms with Crippen LogP contribution in [-0.2, 0) is 6.54 Å². The molecule has 0 unspecified atom stereocenters. The summed E-state index contributed by atoms with van der Waals surface area (Å²) in [7, 11) is 0. The van der Waals surface area contributed by atoms with Crippen molar-refractivity contribution in [3.05, 3.63) is 47.8 Å². The summed E-state index contributed by atoms with van der Waals surface area (Å²) in [6.45, 7) is 3.04. The summed E-state index contributed by atoms with van der Waals surface area (Å²) in [5.74, 6) is -0.141. The Balaban J connectivity index is 1.96. The molecule has 2 rings (SSSR count). The van der Waals surface area contributed by atoms with Crippen molar-refractivity contribution in [2.24, 2.45) is 0 Å². The Morgan fingerprint density at radius 1 is 1.44 bits per heavy atom. The van der Waals surface area contributed by atoms with Crippen molar-refractivity contribution < 1.29 is 4.79 Å². The maximum absolute atomic E-state index is 12.0. The molecule has 0 aliphatic heterocycles. The first-order valence-corrected chi connectivity index (χ1v) is 5.79. The third-order valence-electron chi connectivity index (χ3n) is 2.72. The first kappa shape index (κ1) is 12.2. The van der Waals surface area contributed by atoms with Crippen LogP contribution in [0.5, 0.6) is 0 Å². The quantitative estimate of drug-likeness (QED) is 0.794. The van der Waals surface area contributed by atoms with E-state index < -0.39 is 0 Å². The summed E-state index contributed by atoms with van der Waals surface area (Å²) < 4.78 is 1.77. The molecule has 1 aromatic heterocycles. The lowest BCUT2D eigenvalue weighted by atomic mass is 10.1. The SMILES string of the molecule is Cc1cccc(N)c1C(=O)NCCn1cccn1.